The maximum Gasteiger partial charge on any atom is 0.0234 e. The quantitative estimate of drug-likeness (QED) is 0.889. The summed E-state index contributed by atoms with van der Waals surface area (Å²) in [6, 6.07) is 9.37. The van der Waals surface area contributed by atoms with Crippen molar-refractivity contribution in [1.82, 2.24) is 10.2 Å². The van der Waals surface area contributed by atoms with Crippen molar-refractivity contribution in [3.05, 3.63) is 34.3 Å². The molecule has 0 aliphatic carbocycles. The van der Waals surface area contributed by atoms with E-state index in [9.17, 15) is 0 Å². The van der Waals surface area contributed by atoms with Gasteiger partial charge in [0.2, 0.25) is 0 Å². The van der Waals surface area contributed by atoms with Crippen molar-refractivity contribution in [1.29, 1.82) is 0 Å². The van der Waals surface area contributed by atoms with Crippen LogP contribution in [0.3, 0.4) is 0 Å². The predicted molar refractivity (Wildman–Crippen MR) is 85.3 cm³/mol. The number of likely N-dealkylation sites (tertiary alicyclic amines) is 1. The molecule has 1 aliphatic heterocycles. The Bertz CT molecular complexity index is 394. The highest BCUT2D eigenvalue weighted by molar-refractivity contribution is 9.10. The molecule has 3 heteroatoms. The molecule has 1 aliphatic rings. The molecule has 1 fully saturated rings. The van der Waals surface area contributed by atoms with E-state index >= 15 is 0 Å². The van der Waals surface area contributed by atoms with E-state index in [-0.39, 0.29) is 0 Å². The zero-order chi connectivity index (χ0) is 13.7. The molecule has 1 aromatic carbocycles. The summed E-state index contributed by atoms with van der Waals surface area (Å²) in [5.74, 6) is 0.743. The van der Waals surface area contributed by atoms with Crippen LogP contribution < -0.4 is 5.32 Å². The van der Waals surface area contributed by atoms with E-state index in [1.54, 1.807) is 0 Å². The molecule has 0 spiro atoms. The number of piperidine rings is 1. The Labute approximate surface area is 125 Å². The van der Waals surface area contributed by atoms with Gasteiger partial charge in [0, 0.05) is 23.6 Å². The van der Waals surface area contributed by atoms with Gasteiger partial charge < -0.3 is 5.32 Å². The summed E-state index contributed by atoms with van der Waals surface area (Å²) in [5.41, 5.74) is 1.40. The van der Waals surface area contributed by atoms with Crippen LogP contribution in [-0.2, 0) is 6.54 Å². The average molecular weight is 325 g/mol. The Morgan fingerprint density at radius 3 is 2.95 bits per heavy atom. The van der Waals surface area contributed by atoms with E-state index in [0.717, 1.165) is 19.0 Å². The van der Waals surface area contributed by atoms with Gasteiger partial charge in [0.25, 0.3) is 0 Å². The summed E-state index contributed by atoms with van der Waals surface area (Å²) in [6.07, 6.45) is 2.50. The number of hydrogen-bond donors (Lipinski definition) is 1. The van der Waals surface area contributed by atoms with E-state index in [4.69, 9.17) is 0 Å². The van der Waals surface area contributed by atoms with Crippen LogP contribution in [0.1, 0.15) is 32.3 Å². The minimum atomic E-state index is 0.707. The zero-order valence-electron chi connectivity index (χ0n) is 12.0. The van der Waals surface area contributed by atoms with Crippen LogP contribution in [0.4, 0.5) is 0 Å². The second-order valence-electron chi connectivity index (χ2n) is 5.69. The predicted octanol–water partition coefficient (Wildman–Crippen LogP) is 3.66. The van der Waals surface area contributed by atoms with E-state index in [1.165, 1.54) is 36.0 Å². The molecule has 1 heterocycles. The molecule has 2 nitrogen and oxygen atoms in total. The monoisotopic (exact) mass is 324 g/mol. The van der Waals surface area contributed by atoms with Gasteiger partial charge in [-0.3, -0.25) is 4.90 Å². The van der Waals surface area contributed by atoms with E-state index in [2.05, 4.69) is 64.3 Å². The minimum absolute atomic E-state index is 0.707. The fourth-order valence-corrected chi connectivity index (χ4v) is 3.35. The molecule has 1 N–H and O–H groups in total. The van der Waals surface area contributed by atoms with E-state index in [1.807, 2.05) is 0 Å². The van der Waals surface area contributed by atoms with Gasteiger partial charge >= 0.3 is 0 Å². The number of hydrogen-bond acceptors (Lipinski definition) is 2. The normalized spacial score (nSPS) is 24.6. The van der Waals surface area contributed by atoms with Gasteiger partial charge in [-0.05, 0) is 49.5 Å². The van der Waals surface area contributed by atoms with Crippen LogP contribution in [0.2, 0.25) is 0 Å². The van der Waals surface area contributed by atoms with Gasteiger partial charge in [-0.2, -0.15) is 0 Å². The second kappa shape index (κ2) is 7.41. The molecule has 19 heavy (non-hydrogen) atoms. The lowest BCUT2D eigenvalue weighted by Gasteiger charge is -2.37. The Kier molecular flexibility index (Phi) is 5.86. The Hall–Kier alpha value is -0.380. The molecule has 1 saturated heterocycles. The molecule has 0 radical (unpaired) electrons. The third-order valence-corrected chi connectivity index (χ3v) is 4.43. The first-order valence-corrected chi connectivity index (χ1v) is 8.18. The van der Waals surface area contributed by atoms with Gasteiger partial charge in [0.05, 0.1) is 0 Å². The van der Waals surface area contributed by atoms with Crippen molar-refractivity contribution in [2.75, 3.05) is 19.6 Å². The zero-order valence-corrected chi connectivity index (χ0v) is 13.6. The Balaban J connectivity index is 1.84. The smallest absolute Gasteiger partial charge is 0.0234 e. The second-order valence-corrected chi connectivity index (χ2v) is 6.61. The maximum atomic E-state index is 3.68. The summed E-state index contributed by atoms with van der Waals surface area (Å²) in [6.45, 7) is 9.25. The molecule has 0 aromatic heterocycles. The van der Waals surface area contributed by atoms with Gasteiger partial charge in [-0.25, -0.2) is 0 Å². The first kappa shape index (κ1) is 15.0. The molecule has 0 saturated carbocycles. The van der Waals surface area contributed by atoms with Crippen molar-refractivity contribution in [3.8, 4) is 0 Å². The molecule has 0 amide bonds. The third-order valence-electron chi connectivity index (χ3n) is 3.94. The summed E-state index contributed by atoms with van der Waals surface area (Å²) in [7, 11) is 0. The lowest BCUT2D eigenvalue weighted by molar-refractivity contribution is 0.141. The van der Waals surface area contributed by atoms with E-state index in [0.29, 0.717) is 6.04 Å². The Morgan fingerprint density at radius 1 is 1.42 bits per heavy atom. The summed E-state index contributed by atoms with van der Waals surface area (Å²) < 4.78 is 1.18. The summed E-state index contributed by atoms with van der Waals surface area (Å²) in [5, 5.41) is 3.68. The molecule has 2 atom stereocenters. The fraction of sp³-hybridized carbons (Fsp3) is 0.625. The third kappa shape index (κ3) is 4.59. The van der Waals surface area contributed by atoms with Crippen LogP contribution in [0.5, 0.6) is 0 Å². The Morgan fingerprint density at radius 2 is 2.26 bits per heavy atom. The molecular weight excluding hydrogens is 300 g/mol. The fourth-order valence-electron chi connectivity index (χ4n) is 2.90. The van der Waals surface area contributed by atoms with Crippen molar-refractivity contribution < 1.29 is 0 Å². The number of nitrogens with one attached hydrogen (secondary N) is 1. The van der Waals surface area contributed by atoms with Gasteiger partial charge in [-0.15, -0.1) is 0 Å². The molecule has 106 valence electrons. The van der Waals surface area contributed by atoms with Gasteiger partial charge in [0.1, 0.15) is 0 Å². The summed E-state index contributed by atoms with van der Waals surface area (Å²) in [4.78, 5) is 2.58. The van der Waals surface area contributed by atoms with Crippen LogP contribution in [0.15, 0.2) is 28.7 Å². The molecule has 2 rings (SSSR count). The first-order chi connectivity index (χ1) is 9.19. The van der Waals surface area contributed by atoms with Crippen LogP contribution in [-0.4, -0.2) is 30.6 Å². The van der Waals surface area contributed by atoms with Crippen molar-refractivity contribution in [2.45, 2.75) is 39.3 Å². The molecule has 2 unspecified atom stereocenters. The van der Waals surface area contributed by atoms with Crippen LogP contribution >= 0.6 is 15.9 Å². The molecule has 0 bridgehead atoms. The van der Waals surface area contributed by atoms with Gasteiger partial charge in [-0.1, -0.05) is 41.9 Å². The van der Waals surface area contributed by atoms with Crippen LogP contribution in [0.25, 0.3) is 0 Å². The summed E-state index contributed by atoms with van der Waals surface area (Å²) >= 11 is 3.55. The van der Waals surface area contributed by atoms with Crippen molar-refractivity contribution in [3.63, 3.8) is 0 Å². The number of benzene rings is 1. The highest BCUT2D eigenvalue weighted by Gasteiger charge is 2.25. The van der Waals surface area contributed by atoms with E-state index < -0.39 is 0 Å². The van der Waals surface area contributed by atoms with Gasteiger partial charge in [0.15, 0.2) is 0 Å². The minimum Gasteiger partial charge on any atom is -0.314 e. The van der Waals surface area contributed by atoms with Crippen LogP contribution in [0, 0.1) is 5.92 Å². The lowest BCUT2D eigenvalue weighted by atomic mass is 9.93. The molecule has 1 aromatic rings. The number of halogens is 1. The van der Waals surface area contributed by atoms with Crippen molar-refractivity contribution in [2.24, 2.45) is 5.92 Å². The maximum absolute atomic E-state index is 3.68. The standard InChI is InChI=1S/C16H25BrN2/c1-3-8-18-16-7-9-19(11-13(16)2)12-14-5-4-6-15(17)10-14/h4-6,10,13,16,18H,3,7-9,11-12H2,1-2H3. The lowest BCUT2D eigenvalue weighted by Crippen LogP contribution is -2.48. The average Bonchev–Trinajstić information content (AvgIpc) is 2.38. The first-order valence-electron chi connectivity index (χ1n) is 7.39. The highest BCUT2D eigenvalue weighted by Crippen LogP contribution is 2.20. The SMILES string of the molecule is CCCNC1CCN(Cc2cccc(Br)c2)CC1C. The van der Waals surface area contributed by atoms with Crippen molar-refractivity contribution >= 4 is 15.9 Å². The number of nitrogens with zero attached hydrogens (tertiary/aromatic N) is 1. The largest absolute Gasteiger partial charge is 0.314 e. The number of rotatable bonds is 5. The molecular formula is C16H25BrN2. The topological polar surface area (TPSA) is 15.3 Å². The highest BCUT2D eigenvalue weighted by atomic mass is 79.9.